The van der Waals surface area contributed by atoms with Crippen LogP contribution in [0.25, 0.3) is 6.08 Å². The van der Waals surface area contributed by atoms with Gasteiger partial charge in [-0.05, 0) is 42.9 Å². The molecule has 1 N–H and O–H groups in total. The van der Waals surface area contributed by atoms with Gasteiger partial charge in [-0.2, -0.15) is 0 Å². The largest absolute Gasteiger partial charge is 0.497 e. The molecule has 0 saturated carbocycles. The van der Waals surface area contributed by atoms with E-state index in [1.165, 1.54) is 18.2 Å². The molecule has 0 aliphatic heterocycles. The highest BCUT2D eigenvalue weighted by Crippen LogP contribution is 2.24. The molecule has 7 heteroatoms. The van der Waals surface area contributed by atoms with Crippen molar-refractivity contribution in [3.63, 3.8) is 0 Å². The van der Waals surface area contributed by atoms with E-state index in [0.717, 1.165) is 24.4 Å². The Bertz CT molecular complexity index is 863. The summed E-state index contributed by atoms with van der Waals surface area (Å²) in [5.74, 6) is 0.463. The van der Waals surface area contributed by atoms with Gasteiger partial charge in [0.05, 0.1) is 23.6 Å². The maximum absolute atomic E-state index is 12.3. The van der Waals surface area contributed by atoms with E-state index in [0.29, 0.717) is 12.1 Å². The number of likely N-dealkylation sites (N-methyl/N-ethyl adjacent to an activating group) is 1. The molecule has 0 aliphatic rings. The maximum atomic E-state index is 12.3. The lowest BCUT2D eigenvalue weighted by molar-refractivity contribution is -0.385. The van der Waals surface area contributed by atoms with Crippen molar-refractivity contribution in [2.24, 2.45) is 0 Å². The molecule has 0 saturated heterocycles. The SMILES string of the molecule is CCN(CC)C(CNC(=O)/C=C/c1ccccc1[N+](=O)[O-])c1cccc(OC)c1. The van der Waals surface area contributed by atoms with E-state index >= 15 is 0 Å². The molecule has 1 atom stereocenters. The second-order valence-corrected chi connectivity index (χ2v) is 6.41. The summed E-state index contributed by atoms with van der Waals surface area (Å²) in [6.07, 6.45) is 2.79. The number of ether oxygens (including phenoxy) is 1. The number of nitro benzene ring substituents is 1. The topological polar surface area (TPSA) is 84.7 Å². The zero-order valence-corrected chi connectivity index (χ0v) is 17.0. The first-order chi connectivity index (χ1) is 14.0. The number of nitro groups is 1. The highest BCUT2D eigenvalue weighted by atomic mass is 16.6. The Morgan fingerprint density at radius 3 is 2.59 bits per heavy atom. The number of hydrogen-bond acceptors (Lipinski definition) is 5. The van der Waals surface area contributed by atoms with Crippen molar-refractivity contribution >= 4 is 17.7 Å². The number of carbonyl (C=O) groups excluding carboxylic acids is 1. The average Bonchev–Trinajstić information content (AvgIpc) is 2.75. The number of para-hydroxylation sites is 1. The summed E-state index contributed by atoms with van der Waals surface area (Å²) in [5, 5.41) is 14.0. The zero-order chi connectivity index (χ0) is 21.2. The second-order valence-electron chi connectivity index (χ2n) is 6.41. The monoisotopic (exact) mass is 397 g/mol. The Kier molecular flexibility index (Phi) is 8.36. The van der Waals surface area contributed by atoms with Gasteiger partial charge in [0.2, 0.25) is 5.91 Å². The van der Waals surface area contributed by atoms with Gasteiger partial charge in [0.1, 0.15) is 5.75 Å². The van der Waals surface area contributed by atoms with Crippen molar-refractivity contribution in [3.8, 4) is 5.75 Å². The highest BCUT2D eigenvalue weighted by Gasteiger charge is 2.19. The van der Waals surface area contributed by atoms with Crippen molar-refractivity contribution in [2.75, 3.05) is 26.7 Å². The molecule has 7 nitrogen and oxygen atoms in total. The number of carbonyl (C=O) groups is 1. The third-order valence-electron chi connectivity index (χ3n) is 4.75. The summed E-state index contributed by atoms with van der Waals surface area (Å²) >= 11 is 0. The normalized spacial score (nSPS) is 12.1. The number of amides is 1. The molecule has 0 aromatic heterocycles. The zero-order valence-electron chi connectivity index (χ0n) is 17.0. The quantitative estimate of drug-likeness (QED) is 0.374. The van der Waals surface area contributed by atoms with E-state index in [-0.39, 0.29) is 17.6 Å². The van der Waals surface area contributed by atoms with E-state index in [2.05, 4.69) is 24.1 Å². The maximum Gasteiger partial charge on any atom is 0.276 e. The Morgan fingerprint density at radius 1 is 1.21 bits per heavy atom. The second kappa shape index (κ2) is 11.0. The van der Waals surface area contributed by atoms with Crippen LogP contribution in [0.4, 0.5) is 5.69 Å². The minimum absolute atomic E-state index is 0.0106. The molecule has 1 unspecified atom stereocenters. The first kappa shape index (κ1) is 22.1. The van der Waals surface area contributed by atoms with Crippen molar-refractivity contribution in [1.29, 1.82) is 0 Å². The van der Waals surface area contributed by atoms with Gasteiger partial charge >= 0.3 is 0 Å². The van der Waals surface area contributed by atoms with Gasteiger partial charge in [-0.1, -0.05) is 38.1 Å². The van der Waals surface area contributed by atoms with Gasteiger partial charge in [0.25, 0.3) is 5.69 Å². The summed E-state index contributed by atoms with van der Waals surface area (Å²) in [6, 6.07) is 14.1. The molecule has 0 radical (unpaired) electrons. The predicted octanol–water partition coefficient (Wildman–Crippen LogP) is 3.82. The lowest BCUT2D eigenvalue weighted by atomic mass is 10.0. The van der Waals surface area contributed by atoms with E-state index in [1.807, 2.05) is 24.3 Å². The summed E-state index contributed by atoms with van der Waals surface area (Å²) in [6.45, 7) is 6.23. The van der Waals surface area contributed by atoms with Crippen LogP contribution < -0.4 is 10.1 Å². The van der Waals surface area contributed by atoms with Crippen molar-refractivity contribution in [2.45, 2.75) is 19.9 Å². The van der Waals surface area contributed by atoms with Crippen LogP contribution in [0, 0.1) is 10.1 Å². The number of benzene rings is 2. The van der Waals surface area contributed by atoms with Gasteiger partial charge in [-0.15, -0.1) is 0 Å². The lowest BCUT2D eigenvalue weighted by Gasteiger charge is -2.30. The van der Waals surface area contributed by atoms with Crippen LogP contribution in [0.3, 0.4) is 0 Å². The highest BCUT2D eigenvalue weighted by molar-refractivity contribution is 5.92. The van der Waals surface area contributed by atoms with Gasteiger partial charge in [-0.3, -0.25) is 19.8 Å². The van der Waals surface area contributed by atoms with Gasteiger partial charge in [0.15, 0.2) is 0 Å². The van der Waals surface area contributed by atoms with Crippen molar-refractivity contribution < 1.29 is 14.5 Å². The summed E-state index contributed by atoms with van der Waals surface area (Å²) in [4.78, 5) is 25.2. The Morgan fingerprint density at radius 2 is 1.93 bits per heavy atom. The molecular weight excluding hydrogens is 370 g/mol. The number of nitrogens with one attached hydrogen (secondary N) is 1. The molecule has 0 bridgehead atoms. The molecule has 0 spiro atoms. The summed E-state index contributed by atoms with van der Waals surface area (Å²) < 4.78 is 5.32. The minimum Gasteiger partial charge on any atom is -0.497 e. The van der Waals surface area contributed by atoms with Crippen LogP contribution in [0.15, 0.2) is 54.6 Å². The average molecular weight is 397 g/mol. The molecule has 0 aliphatic carbocycles. The van der Waals surface area contributed by atoms with Crippen molar-refractivity contribution in [1.82, 2.24) is 10.2 Å². The van der Waals surface area contributed by atoms with Crippen LogP contribution in [0.5, 0.6) is 5.75 Å². The smallest absolute Gasteiger partial charge is 0.276 e. The lowest BCUT2D eigenvalue weighted by Crippen LogP contribution is -2.37. The standard InChI is InChI=1S/C22H27N3O4/c1-4-24(5-2)21(18-10-8-11-19(15-18)29-3)16-23-22(26)14-13-17-9-6-7-12-20(17)25(27)28/h6-15,21H,4-5,16H2,1-3H3,(H,23,26)/b14-13+. The molecule has 2 aromatic rings. The molecule has 154 valence electrons. The fourth-order valence-corrected chi connectivity index (χ4v) is 3.19. The molecule has 0 fully saturated rings. The summed E-state index contributed by atoms with van der Waals surface area (Å²) in [5.41, 5.74) is 1.41. The van der Waals surface area contributed by atoms with Crippen LogP contribution in [-0.2, 0) is 4.79 Å². The van der Waals surface area contributed by atoms with Crippen LogP contribution in [0.1, 0.15) is 31.0 Å². The number of methoxy groups -OCH3 is 1. The van der Waals surface area contributed by atoms with Gasteiger partial charge in [-0.25, -0.2) is 0 Å². The van der Waals surface area contributed by atoms with Gasteiger partial charge < -0.3 is 10.1 Å². The summed E-state index contributed by atoms with van der Waals surface area (Å²) in [7, 11) is 1.63. The fraction of sp³-hybridized carbons (Fsp3) is 0.318. The number of nitrogens with zero attached hydrogens (tertiary/aromatic N) is 2. The van der Waals surface area contributed by atoms with Crippen molar-refractivity contribution in [3.05, 3.63) is 75.8 Å². The van der Waals surface area contributed by atoms with Crippen LogP contribution in [0.2, 0.25) is 0 Å². The molecule has 2 rings (SSSR count). The molecule has 0 heterocycles. The number of hydrogen-bond donors (Lipinski definition) is 1. The first-order valence-electron chi connectivity index (χ1n) is 9.57. The third kappa shape index (κ3) is 6.15. The van der Waals surface area contributed by atoms with E-state index in [4.69, 9.17) is 4.74 Å². The molecule has 29 heavy (non-hydrogen) atoms. The third-order valence-corrected chi connectivity index (χ3v) is 4.75. The molecular formula is C22H27N3O4. The predicted molar refractivity (Wildman–Crippen MR) is 114 cm³/mol. The number of rotatable bonds is 10. The fourth-order valence-electron chi connectivity index (χ4n) is 3.19. The Hall–Kier alpha value is -3.19. The van der Waals surface area contributed by atoms with E-state index in [9.17, 15) is 14.9 Å². The van der Waals surface area contributed by atoms with E-state index in [1.54, 1.807) is 25.3 Å². The Labute approximate surface area is 171 Å². The Balaban J connectivity index is 2.12. The van der Waals surface area contributed by atoms with Crippen LogP contribution in [-0.4, -0.2) is 42.5 Å². The van der Waals surface area contributed by atoms with Crippen LogP contribution >= 0.6 is 0 Å². The van der Waals surface area contributed by atoms with Gasteiger partial charge in [0, 0.05) is 18.7 Å². The first-order valence-corrected chi connectivity index (χ1v) is 9.57. The van der Waals surface area contributed by atoms with E-state index < -0.39 is 4.92 Å². The molecule has 2 aromatic carbocycles. The molecule has 1 amide bonds. The minimum atomic E-state index is -0.462.